The number of hydrogen-bond donors (Lipinski definition) is 1. The van der Waals surface area contributed by atoms with Crippen molar-refractivity contribution in [3.63, 3.8) is 0 Å². The van der Waals surface area contributed by atoms with Crippen LogP contribution in [0.3, 0.4) is 0 Å². The number of benzene rings is 2. The molecular weight excluding hydrogens is 296 g/mol. The fourth-order valence-corrected chi connectivity index (χ4v) is 4.02. The van der Waals surface area contributed by atoms with E-state index in [-0.39, 0.29) is 21.4 Å². The van der Waals surface area contributed by atoms with E-state index in [1.165, 1.54) is 12.1 Å². The molecule has 0 aliphatic rings. The second kappa shape index (κ2) is 5.53. The van der Waals surface area contributed by atoms with Crippen molar-refractivity contribution >= 4 is 27.1 Å². The van der Waals surface area contributed by atoms with Crippen LogP contribution in [0.2, 0.25) is 5.02 Å². The topological polar surface area (TPSA) is 84.0 Å². The van der Waals surface area contributed by atoms with Gasteiger partial charge in [0, 0.05) is 0 Å². The summed E-state index contributed by atoms with van der Waals surface area (Å²) in [5.41, 5.74) is 6.55. The van der Waals surface area contributed by atoms with Crippen molar-refractivity contribution in [1.82, 2.24) is 0 Å². The van der Waals surface area contributed by atoms with E-state index < -0.39 is 9.84 Å². The normalized spacial score (nSPS) is 11.0. The van der Waals surface area contributed by atoms with Gasteiger partial charge in [-0.05, 0) is 23.8 Å². The maximum atomic E-state index is 12.4. The smallest absolute Gasteiger partial charge is 0.186 e. The molecule has 0 aliphatic heterocycles. The third-order valence-electron chi connectivity index (χ3n) is 2.79. The SMILES string of the molecule is N#Cc1ccccc1CS(=O)(=O)c1c(N)cccc1Cl. The number of nitrogen functional groups attached to an aromatic ring is 1. The van der Waals surface area contributed by atoms with E-state index >= 15 is 0 Å². The van der Waals surface area contributed by atoms with E-state index in [1.807, 2.05) is 6.07 Å². The van der Waals surface area contributed by atoms with Crippen LogP contribution in [0.1, 0.15) is 11.1 Å². The number of halogens is 1. The minimum atomic E-state index is -3.72. The molecule has 0 fully saturated rings. The molecule has 2 aromatic carbocycles. The van der Waals surface area contributed by atoms with Gasteiger partial charge in [-0.3, -0.25) is 0 Å². The van der Waals surface area contributed by atoms with Crippen LogP contribution in [-0.4, -0.2) is 8.42 Å². The Balaban J connectivity index is 2.50. The van der Waals surface area contributed by atoms with Crippen LogP contribution in [0, 0.1) is 11.3 Å². The Morgan fingerprint density at radius 3 is 2.50 bits per heavy atom. The second-order valence-corrected chi connectivity index (χ2v) is 6.52. The Bertz CT molecular complexity index is 775. The first-order valence-electron chi connectivity index (χ1n) is 5.70. The minimum Gasteiger partial charge on any atom is -0.398 e. The molecule has 2 rings (SSSR count). The lowest BCUT2D eigenvalue weighted by molar-refractivity contribution is 0.595. The third kappa shape index (κ3) is 2.77. The van der Waals surface area contributed by atoms with Gasteiger partial charge < -0.3 is 5.73 Å². The predicted molar refractivity (Wildman–Crippen MR) is 77.9 cm³/mol. The Kier molecular flexibility index (Phi) is 3.98. The molecule has 0 radical (unpaired) electrons. The summed E-state index contributed by atoms with van der Waals surface area (Å²) in [5.74, 6) is -0.315. The van der Waals surface area contributed by atoms with Crippen LogP contribution < -0.4 is 5.73 Å². The standard InChI is InChI=1S/C14H11ClN2O2S/c15-12-6-3-7-13(17)14(12)20(18,19)9-11-5-2-1-4-10(11)8-16/h1-7H,9,17H2. The molecule has 0 aromatic heterocycles. The third-order valence-corrected chi connectivity index (χ3v) is 4.99. The fraction of sp³-hybridized carbons (Fsp3) is 0.0714. The summed E-state index contributed by atoms with van der Waals surface area (Å²) in [5, 5.41) is 9.08. The predicted octanol–water partition coefficient (Wildman–Crippen LogP) is 2.77. The van der Waals surface area contributed by atoms with E-state index in [1.54, 1.807) is 30.3 Å². The van der Waals surface area contributed by atoms with Crippen LogP contribution in [0.25, 0.3) is 0 Å². The quantitative estimate of drug-likeness (QED) is 0.884. The molecule has 20 heavy (non-hydrogen) atoms. The maximum absolute atomic E-state index is 12.4. The van der Waals surface area contributed by atoms with E-state index in [4.69, 9.17) is 22.6 Å². The van der Waals surface area contributed by atoms with Crippen LogP contribution in [0.5, 0.6) is 0 Å². The summed E-state index contributed by atoms with van der Waals surface area (Å²) >= 11 is 5.93. The molecule has 4 nitrogen and oxygen atoms in total. The Hall–Kier alpha value is -2.03. The molecule has 2 aromatic rings. The summed E-state index contributed by atoms with van der Waals surface area (Å²) in [7, 11) is -3.72. The van der Waals surface area contributed by atoms with Crippen molar-refractivity contribution in [2.45, 2.75) is 10.6 Å². The van der Waals surface area contributed by atoms with Gasteiger partial charge >= 0.3 is 0 Å². The molecule has 0 amide bonds. The first kappa shape index (κ1) is 14.4. The Morgan fingerprint density at radius 1 is 1.15 bits per heavy atom. The number of nitrogens with two attached hydrogens (primary N) is 1. The Morgan fingerprint density at radius 2 is 1.85 bits per heavy atom. The van der Waals surface area contributed by atoms with Crippen molar-refractivity contribution in [1.29, 1.82) is 5.26 Å². The number of sulfone groups is 1. The summed E-state index contributed by atoms with van der Waals surface area (Å²) in [4.78, 5) is -0.0885. The molecule has 0 unspecified atom stereocenters. The first-order chi connectivity index (χ1) is 9.45. The van der Waals surface area contributed by atoms with E-state index in [0.29, 0.717) is 11.1 Å². The van der Waals surface area contributed by atoms with Gasteiger partial charge in [0.25, 0.3) is 0 Å². The number of nitriles is 1. The van der Waals surface area contributed by atoms with Crippen molar-refractivity contribution in [3.05, 3.63) is 58.6 Å². The van der Waals surface area contributed by atoms with Crippen molar-refractivity contribution in [2.24, 2.45) is 0 Å². The molecule has 0 spiro atoms. The molecule has 2 N–H and O–H groups in total. The maximum Gasteiger partial charge on any atom is 0.186 e. The fourth-order valence-electron chi connectivity index (χ4n) is 1.89. The highest BCUT2D eigenvalue weighted by molar-refractivity contribution is 7.91. The number of anilines is 1. The van der Waals surface area contributed by atoms with Crippen LogP contribution in [-0.2, 0) is 15.6 Å². The van der Waals surface area contributed by atoms with Crippen molar-refractivity contribution in [3.8, 4) is 6.07 Å². The lowest BCUT2D eigenvalue weighted by Crippen LogP contribution is -2.09. The van der Waals surface area contributed by atoms with Crippen LogP contribution in [0.15, 0.2) is 47.4 Å². The average Bonchev–Trinajstić information content (AvgIpc) is 2.38. The summed E-state index contributed by atoms with van der Waals surface area (Å²) in [6, 6.07) is 13.0. The molecule has 0 saturated heterocycles. The van der Waals surface area contributed by atoms with E-state index in [9.17, 15) is 8.42 Å². The number of nitrogens with zero attached hydrogens (tertiary/aromatic N) is 1. The highest BCUT2D eigenvalue weighted by Gasteiger charge is 2.22. The van der Waals surface area contributed by atoms with Gasteiger partial charge in [-0.1, -0.05) is 35.9 Å². The molecule has 0 bridgehead atoms. The van der Waals surface area contributed by atoms with Gasteiger partial charge in [-0.15, -0.1) is 0 Å². The van der Waals surface area contributed by atoms with Gasteiger partial charge in [0.2, 0.25) is 0 Å². The van der Waals surface area contributed by atoms with Gasteiger partial charge in [-0.25, -0.2) is 8.42 Å². The highest BCUT2D eigenvalue weighted by Crippen LogP contribution is 2.30. The second-order valence-electron chi connectivity index (χ2n) is 4.19. The lowest BCUT2D eigenvalue weighted by Gasteiger charge is -2.10. The summed E-state index contributed by atoms with van der Waals surface area (Å²) in [6.45, 7) is 0. The van der Waals surface area contributed by atoms with E-state index in [0.717, 1.165) is 0 Å². The lowest BCUT2D eigenvalue weighted by atomic mass is 10.1. The van der Waals surface area contributed by atoms with Crippen LogP contribution >= 0.6 is 11.6 Å². The molecule has 6 heteroatoms. The average molecular weight is 307 g/mol. The van der Waals surface area contributed by atoms with Gasteiger partial charge in [0.05, 0.1) is 28.1 Å². The first-order valence-corrected chi connectivity index (χ1v) is 7.73. The Labute approximate surface area is 122 Å². The number of hydrogen-bond acceptors (Lipinski definition) is 4. The van der Waals surface area contributed by atoms with Crippen molar-refractivity contribution in [2.75, 3.05) is 5.73 Å². The molecular formula is C14H11ClN2O2S. The summed E-state index contributed by atoms with van der Waals surface area (Å²) in [6.07, 6.45) is 0. The minimum absolute atomic E-state index is 0.0828. The van der Waals surface area contributed by atoms with Gasteiger partial charge in [0.1, 0.15) is 4.90 Å². The van der Waals surface area contributed by atoms with Gasteiger partial charge in [-0.2, -0.15) is 5.26 Å². The molecule has 0 aliphatic carbocycles. The van der Waals surface area contributed by atoms with Crippen molar-refractivity contribution < 1.29 is 8.42 Å². The molecule has 102 valence electrons. The zero-order valence-corrected chi connectivity index (χ0v) is 11.9. The highest BCUT2D eigenvalue weighted by atomic mass is 35.5. The largest absolute Gasteiger partial charge is 0.398 e. The van der Waals surface area contributed by atoms with E-state index in [2.05, 4.69) is 0 Å². The number of rotatable bonds is 3. The molecule has 0 atom stereocenters. The zero-order chi connectivity index (χ0) is 14.8. The van der Waals surface area contributed by atoms with Gasteiger partial charge in [0.15, 0.2) is 9.84 Å². The molecule has 0 saturated carbocycles. The van der Waals surface area contributed by atoms with Crippen LogP contribution in [0.4, 0.5) is 5.69 Å². The summed E-state index contributed by atoms with van der Waals surface area (Å²) < 4.78 is 24.9. The monoisotopic (exact) mass is 306 g/mol. The molecule has 0 heterocycles. The zero-order valence-electron chi connectivity index (χ0n) is 10.4.